The summed E-state index contributed by atoms with van der Waals surface area (Å²) in [5.41, 5.74) is 2.94. The van der Waals surface area contributed by atoms with E-state index in [2.05, 4.69) is 5.32 Å². The highest BCUT2D eigenvalue weighted by molar-refractivity contribution is 7.99. The summed E-state index contributed by atoms with van der Waals surface area (Å²) in [6.45, 7) is 0.964. The van der Waals surface area contributed by atoms with Crippen molar-refractivity contribution in [3.63, 3.8) is 0 Å². The summed E-state index contributed by atoms with van der Waals surface area (Å²) in [7, 11) is 0. The molecule has 0 aromatic heterocycles. The van der Waals surface area contributed by atoms with Gasteiger partial charge in [-0.3, -0.25) is 0 Å². The molecule has 0 bridgehead atoms. The number of hydrogen-bond acceptors (Lipinski definition) is 3. The van der Waals surface area contributed by atoms with Gasteiger partial charge in [-0.15, -0.1) is 0 Å². The number of hydrogen-bond donors (Lipinski definition) is 2. The van der Waals surface area contributed by atoms with E-state index in [0.29, 0.717) is 5.56 Å². The maximum absolute atomic E-state index is 11.0. The summed E-state index contributed by atoms with van der Waals surface area (Å²) in [5.74, 6) is 1.52. The van der Waals surface area contributed by atoms with E-state index in [4.69, 9.17) is 5.11 Å². The summed E-state index contributed by atoms with van der Waals surface area (Å²) in [5, 5.41) is 12.5. The second-order valence-electron chi connectivity index (χ2n) is 4.81. The topological polar surface area (TPSA) is 49.3 Å². The molecule has 1 aromatic rings. The first kappa shape index (κ1) is 11.0. The van der Waals surface area contributed by atoms with Gasteiger partial charge in [0.15, 0.2) is 0 Å². The van der Waals surface area contributed by atoms with Gasteiger partial charge in [-0.1, -0.05) is 0 Å². The summed E-state index contributed by atoms with van der Waals surface area (Å²) in [6.07, 6.45) is 2.31. The molecular formula is C13H15NO2S. The van der Waals surface area contributed by atoms with Crippen molar-refractivity contribution in [2.45, 2.75) is 18.3 Å². The molecule has 1 saturated heterocycles. The highest BCUT2D eigenvalue weighted by Gasteiger charge is 2.40. The maximum Gasteiger partial charge on any atom is 0.335 e. The molecule has 2 aliphatic rings. The van der Waals surface area contributed by atoms with Gasteiger partial charge in [0.05, 0.1) is 5.56 Å². The molecule has 3 rings (SSSR count). The molecule has 2 N–H and O–H groups in total. The summed E-state index contributed by atoms with van der Waals surface area (Å²) < 4.78 is 0. The van der Waals surface area contributed by atoms with Crippen LogP contribution in [0.4, 0.5) is 5.69 Å². The van der Waals surface area contributed by atoms with Crippen LogP contribution < -0.4 is 5.32 Å². The van der Waals surface area contributed by atoms with Gasteiger partial charge in [0.1, 0.15) is 0 Å². The Balaban J connectivity index is 2.04. The lowest BCUT2D eigenvalue weighted by Crippen LogP contribution is -2.33. The van der Waals surface area contributed by atoms with Crippen LogP contribution in [0.3, 0.4) is 0 Å². The molecule has 1 aromatic carbocycles. The highest BCUT2D eigenvalue weighted by atomic mass is 32.2. The third-order valence-electron chi connectivity index (χ3n) is 3.91. The number of aromatic carboxylic acids is 1. The lowest BCUT2D eigenvalue weighted by Gasteiger charge is -2.33. The number of benzene rings is 1. The highest BCUT2D eigenvalue weighted by Crippen LogP contribution is 2.45. The number of carboxylic acid groups (broad SMARTS) is 1. The Morgan fingerprint density at radius 2 is 2.12 bits per heavy atom. The molecular weight excluding hydrogens is 234 g/mol. The number of nitrogens with one attached hydrogen (secondary N) is 1. The normalized spacial score (nSPS) is 20.9. The van der Waals surface area contributed by atoms with Crippen LogP contribution in [0.2, 0.25) is 0 Å². The molecule has 17 heavy (non-hydrogen) atoms. The molecule has 2 aliphatic heterocycles. The lowest BCUT2D eigenvalue weighted by atomic mass is 9.77. The quantitative estimate of drug-likeness (QED) is 0.803. The van der Waals surface area contributed by atoms with Crippen molar-refractivity contribution in [1.29, 1.82) is 0 Å². The first-order valence-electron chi connectivity index (χ1n) is 5.91. The Morgan fingerprint density at radius 1 is 1.35 bits per heavy atom. The zero-order chi connectivity index (χ0) is 11.9. The van der Waals surface area contributed by atoms with Crippen LogP contribution in [0.1, 0.15) is 28.8 Å². The fraction of sp³-hybridized carbons (Fsp3) is 0.462. The van der Waals surface area contributed by atoms with Crippen LogP contribution >= 0.6 is 11.8 Å². The first-order chi connectivity index (χ1) is 8.21. The Bertz CT molecular complexity index is 461. The number of carbonyl (C=O) groups is 1. The van der Waals surface area contributed by atoms with Gasteiger partial charge in [-0.05, 0) is 48.1 Å². The third-order valence-corrected chi connectivity index (χ3v) is 4.89. The second kappa shape index (κ2) is 3.95. The van der Waals surface area contributed by atoms with Crippen LogP contribution in [-0.2, 0) is 5.41 Å². The molecule has 0 atom stereocenters. The second-order valence-corrected chi connectivity index (χ2v) is 6.04. The van der Waals surface area contributed by atoms with E-state index in [-0.39, 0.29) is 5.41 Å². The first-order valence-corrected chi connectivity index (χ1v) is 7.06. The van der Waals surface area contributed by atoms with Crippen LogP contribution in [0.25, 0.3) is 0 Å². The molecule has 0 amide bonds. The number of thioether (sulfide) groups is 1. The Hall–Kier alpha value is -1.16. The van der Waals surface area contributed by atoms with Crippen LogP contribution in [0.15, 0.2) is 18.2 Å². The van der Waals surface area contributed by atoms with Crippen molar-refractivity contribution in [3.05, 3.63) is 29.3 Å². The summed E-state index contributed by atoms with van der Waals surface area (Å²) in [6, 6.07) is 5.47. The predicted octanol–water partition coefficient (Wildman–Crippen LogP) is 2.58. The minimum absolute atomic E-state index is 0.187. The van der Waals surface area contributed by atoms with E-state index >= 15 is 0 Å². The minimum atomic E-state index is -0.833. The summed E-state index contributed by atoms with van der Waals surface area (Å²) in [4.78, 5) is 11.0. The summed E-state index contributed by atoms with van der Waals surface area (Å²) >= 11 is 2.00. The molecule has 2 heterocycles. The number of rotatable bonds is 1. The SMILES string of the molecule is O=C(O)c1ccc2c(c1)C1(CCSCC1)CN2. The van der Waals surface area contributed by atoms with Gasteiger partial charge in [0.2, 0.25) is 0 Å². The molecule has 0 saturated carbocycles. The smallest absolute Gasteiger partial charge is 0.335 e. The minimum Gasteiger partial charge on any atom is -0.478 e. The Kier molecular flexibility index (Phi) is 2.54. The molecule has 1 fully saturated rings. The van der Waals surface area contributed by atoms with E-state index in [1.807, 2.05) is 23.9 Å². The Morgan fingerprint density at radius 3 is 2.82 bits per heavy atom. The largest absolute Gasteiger partial charge is 0.478 e. The standard InChI is InChI=1S/C13H15NO2S/c15-12(16)9-1-2-11-10(7-9)13(8-14-11)3-5-17-6-4-13/h1-2,7,14H,3-6,8H2,(H,15,16). The van der Waals surface area contributed by atoms with Gasteiger partial charge in [0.25, 0.3) is 0 Å². The fourth-order valence-corrected chi connectivity index (χ4v) is 4.11. The maximum atomic E-state index is 11.0. The van der Waals surface area contributed by atoms with Gasteiger partial charge >= 0.3 is 5.97 Å². The predicted molar refractivity (Wildman–Crippen MR) is 70.1 cm³/mol. The van der Waals surface area contributed by atoms with Crippen molar-refractivity contribution >= 4 is 23.4 Å². The van der Waals surface area contributed by atoms with E-state index in [9.17, 15) is 4.79 Å². The molecule has 1 spiro atoms. The van der Waals surface area contributed by atoms with Crippen LogP contribution in [0, 0.1) is 0 Å². The van der Waals surface area contributed by atoms with Crippen molar-refractivity contribution < 1.29 is 9.90 Å². The van der Waals surface area contributed by atoms with Crippen molar-refractivity contribution in [2.24, 2.45) is 0 Å². The number of carboxylic acids is 1. The average Bonchev–Trinajstić information content (AvgIpc) is 2.69. The lowest BCUT2D eigenvalue weighted by molar-refractivity contribution is 0.0696. The van der Waals surface area contributed by atoms with Crippen LogP contribution in [0.5, 0.6) is 0 Å². The van der Waals surface area contributed by atoms with E-state index < -0.39 is 5.97 Å². The van der Waals surface area contributed by atoms with Crippen molar-refractivity contribution in [2.75, 3.05) is 23.4 Å². The monoisotopic (exact) mass is 249 g/mol. The zero-order valence-electron chi connectivity index (χ0n) is 9.53. The van der Waals surface area contributed by atoms with Gasteiger partial charge < -0.3 is 10.4 Å². The molecule has 0 radical (unpaired) electrons. The fourth-order valence-electron chi connectivity index (χ4n) is 2.84. The van der Waals surface area contributed by atoms with Gasteiger partial charge in [-0.2, -0.15) is 11.8 Å². The zero-order valence-corrected chi connectivity index (χ0v) is 10.3. The van der Waals surface area contributed by atoms with Crippen LogP contribution in [-0.4, -0.2) is 29.1 Å². The van der Waals surface area contributed by atoms with E-state index in [1.54, 1.807) is 6.07 Å². The molecule has 3 nitrogen and oxygen atoms in total. The van der Waals surface area contributed by atoms with Crippen molar-refractivity contribution in [3.8, 4) is 0 Å². The van der Waals surface area contributed by atoms with Gasteiger partial charge in [0, 0.05) is 17.6 Å². The number of fused-ring (bicyclic) bond motifs is 2. The molecule has 90 valence electrons. The molecule has 4 heteroatoms. The Labute approximate surface area is 105 Å². The van der Waals surface area contributed by atoms with E-state index in [1.165, 1.54) is 17.1 Å². The average molecular weight is 249 g/mol. The van der Waals surface area contributed by atoms with Gasteiger partial charge in [-0.25, -0.2) is 4.79 Å². The third kappa shape index (κ3) is 1.71. The molecule has 0 unspecified atom stereocenters. The van der Waals surface area contributed by atoms with Crippen molar-refractivity contribution in [1.82, 2.24) is 0 Å². The number of anilines is 1. The molecule has 0 aliphatic carbocycles. The van der Waals surface area contributed by atoms with E-state index in [0.717, 1.165) is 25.1 Å².